The van der Waals surface area contributed by atoms with Crippen molar-refractivity contribution in [3.05, 3.63) is 30.3 Å². The van der Waals surface area contributed by atoms with Crippen molar-refractivity contribution in [1.29, 1.82) is 0 Å². The molecule has 2 rings (SSSR count). The van der Waals surface area contributed by atoms with E-state index in [1.807, 2.05) is 13.8 Å². The van der Waals surface area contributed by atoms with Crippen LogP contribution in [0.25, 0.3) is 0 Å². The molecule has 1 saturated heterocycles. The maximum Gasteiger partial charge on any atom is 0.183 e. The third-order valence-corrected chi connectivity index (χ3v) is 7.48. The SMILES string of the molecule is CC(C)N[C@@H]1CS(=O)(=O)C[C@H]1S(=O)(=O)c1ccccc1. The van der Waals surface area contributed by atoms with Gasteiger partial charge in [-0.1, -0.05) is 32.0 Å². The van der Waals surface area contributed by atoms with Gasteiger partial charge in [0.25, 0.3) is 0 Å². The van der Waals surface area contributed by atoms with Crippen LogP contribution in [0.15, 0.2) is 35.2 Å². The maximum atomic E-state index is 12.6. The highest BCUT2D eigenvalue weighted by Crippen LogP contribution is 2.26. The van der Waals surface area contributed by atoms with E-state index in [0.29, 0.717) is 0 Å². The molecule has 0 radical (unpaired) electrons. The van der Waals surface area contributed by atoms with E-state index in [2.05, 4.69) is 5.32 Å². The van der Waals surface area contributed by atoms with Gasteiger partial charge in [0.2, 0.25) is 0 Å². The predicted molar refractivity (Wildman–Crippen MR) is 78.1 cm³/mol. The molecular weight excluding hydrogens is 298 g/mol. The number of rotatable bonds is 4. The second-order valence-corrected chi connectivity index (χ2v) is 9.72. The van der Waals surface area contributed by atoms with E-state index in [-0.39, 0.29) is 22.4 Å². The highest BCUT2D eigenvalue weighted by molar-refractivity contribution is 7.96. The molecule has 1 fully saturated rings. The standard InChI is InChI=1S/C13H19NO4S2/c1-10(2)14-12-8-19(15,16)9-13(12)20(17,18)11-6-4-3-5-7-11/h3-7,10,12-14H,8-9H2,1-2H3/t12-,13-/m1/s1. The van der Waals surface area contributed by atoms with Gasteiger partial charge < -0.3 is 5.32 Å². The average Bonchev–Trinajstić information content (AvgIpc) is 2.65. The predicted octanol–water partition coefficient (Wildman–Crippen LogP) is 0.624. The third kappa shape index (κ3) is 3.21. The lowest BCUT2D eigenvalue weighted by Gasteiger charge is -2.22. The second kappa shape index (κ2) is 5.46. The Morgan fingerprint density at radius 1 is 1.15 bits per heavy atom. The average molecular weight is 317 g/mol. The molecule has 1 N–H and O–H groups in total. The van der Waals surface area contributed by atoms with Crippen LogP contribution >= 0.6 is 0 Å². The highest BCUT2D eigenvalue weighted by Gasteiger charge is 2.45. The number of hydrogen-bond donors (Lipinski definition) is 1. The molecule has 0 unspecified atom stereocenters. The lowest BCUT2D eigenvalue weighted by Crippen LogP contribution is -2.46. The molecule has 7 heteroatoms. The van der Waals surface area contributed by atoms with Crippen molar-refractivity contribution in [2.24, 2.45) is 0 Å². The number of sulfone groups is 2. The van der Waals surface area contributed by atoms with Crippen LogP contribution in [0.2, 0.25) is 0 Å². The fraction of sp³-hybridized carbons (Fsp3) is 0.538. The first-order valence-electron chi connectivity index (χ1n) is 6.48. The van der Waals surface area contributed by atoms with E-state index in [9.17, 15) is 16.8 Å². The van der Waals surface area contributed by atoms with Gasteiger partial charge in [-0.25, -0.2) is 16.8 Å². The van der Waals surface area contributed by atoms with E-state index in [0.717, 1.165) is 0 Å². The molecule has 1 heterocycles. The van der Waals surface area contributed by atoms with Crippen molar-refractivity contribution in [3.63, 3.8) is 0 Å². The smallest absolute Gasteiger partial charge is 0.183 e. The summed E-state index contributed by atoms with van der Waals surface area (Å²) in [7, 11) is -6.97. The van der Waals surface area contributed by atoms with Gasteiger partial charge in [-0.3, -0.25) is 0 Å². The summed E-state index contributed by atoms with van der Waals surface area (Å²) in [6.07, 6.45) is 0. The van der Waals surface area contributed by atoms with Crippen molar-refractivity contribution >= 4 is 19.7 Å². The van der Waals surface area contributed by atoms with Gasteiger partial charge in [0, 0.05) is 12.1 Å². The zero-order valence-electron chi connectivity index (χ0n) is 11.5. The molecule has 5 nitrogen and oxygen atoms in total. The van der Waals surface area contributed by atoms with Crippen molar-refractivity contribution in [2.75, 3.05) is 11.5 Å². The van der Waals surface area contributed by atoms with Crippen LogP contribution in [-0.2, 0) is 19.7 Å². The first-order chi connectivity index (χ1) is 9.22. The molecule has 0 amide bonds. The summed E-state index contributed by atoms with van der Waals surface area (Å²) in [5.74, 6) is -0.434. The minimum atomic E-state index is -3.65. The maximum absolute atomic E-state index is 12.6. The second-order valence-electron chi connectivity index (χ2n) is 5.40. The molecule has 0 aromatic heterocycles. The fourth-order valence-electron chi connectivity index (χ4n) is 2.49. The first kappa shape index (κ1) is 15.5. The molecule has 112 valence electrons. The lowest BCUT2D eigenvalue weighted by molar-refractivity contribution is 0.484. The quantitative estimate of drug-likeness (QED) is 0.881. The Balaban J connectivity index is 2.39. The Morgan fingerprint density at radius 2 is 1.75 bits per heavy atom. The van der Waals surface area contributed by atoms with Crippen LogP contribution < -0.4 is 5.32 Å². The topological polar surface area (TPSA) is 80.3 Å². The van der Waals surface area contributed by atoms with Crippen molar-refractivity contribution in [1.82, 2.24) is 5.32 Å². The largest absolute Gasteiger partial charge is 0.309 e. The molecule has 0 bridgehead atoms. The summed E-state index contributed by atoms with van der Waals surface area (Å²) in [6.45, 7) is 3.74. The highest BCUT2D eigenvalue weighted by atomic mass is 32.2. The molecule has 0 aliphatic carbocycles. The van der Waals surface area contributed by atoms with E-state index < -0.39 is 31.0 Å². The van der Waals surface area contributed by atoms with Crippen LogP contribution in [0.1, 0.15) is 13.8 Å². The normalized spacial score (nSPS) is 25.9. The Bertz CT molecular complexity index is 666. The Labute approximate surface area is 120 Å². The molecule has 0 spiro atoms. The summed E-state index contributed by atoms with van der Waals surface area (Å²) >= 11 is 0. The molecular formula is C13H19NO4S2. The van der Waals surface area contributed by atoms with Gasteiger partial charge in [0.05, 0.1) is 21.7 Å². The van der Waals surface area contributed by atoms with E-state index in [4.69, 9.17) is 0 Å². The minimum Gasteiger partial charge on any atom is -0.309 e. The first-order valence-corrected chi connectivity index (χ1v) is 9.84. The summed E-state index contributed by atoms with van der Waals surface area (Å²) in [6, 6.07) is 7.50. The molecule has 2 atom stereocenters. The van der Waals surface area contributed by atoms with Gasteiger partial charge in [-0.05, 0) is 12.1 Å². The molecule has 1 aromatic carbocycles. The third-order valence-electron chi connectivity index (χ3n) is 3.32. The van der Waals surface area contributed by atoms with E-state index in [1.165, 1.54) is 12.1 Å². The van der Waals surface area contributed by atoms with Gasteiger partial charge in [0.15, 0.2) is 19.7 Å². The Hall–Kier alpha value is -0.920. The molecule has 1 aromatic rings. The monoisotopic (exact) mass is 317 g/mol. The van der Waals surface area contributed by atoms with Gasteiger partial charge in [0.1, 0.15) is 0 Å². The van der Waals surface area contributed by atoms with E-state index in [1.54, 1.807) is 18.2 Å². The molecule has 20 heavy (non-hydrogen) atoms. The van der Waals surface area contributed by atoms with Gasteiger partial charge in [-0.15, -0.1) is 0 Å². The summed E-state index contributed by atoms with van der Waals surface area (Å²) < 4.78 is 48.8. The molecule has 0 saturated carbocycles. The summed E-state index contributed by atoms with van der Waals surface area (Å²) in [5.41, 5.74) is 0. The van der Waals surface area contributed by atoms with E-state index >= 15 is 0 Å². The summed E-state index contributed by atoms with van der Waals surface area (Å²) in [5, 5.41) is 2.15. The van der Waals surface area contributed by atoms with Gasteiger partial charge in [-0.2, -0.15) is 0 Å². The van der Waals surface area contributed by atoms with Crippen LogP contribution in [0.4, 0.5) is 0 Å². The van der Waals surface area contributed by atoms with Crippen molar-refractivity contribution < 1.29 is 16.8 Å². The van der Waals surface area contributed by atoms with Crippen LogP contribution in [-0.4, -0.2) is 45.7 Å². The minimum absolute atomic E-state index is 0.0294. The van der Waals surface area contributed by atoms with Crippen LogP contribution in [0.5, 0.6) is 0 Å². The van der Waals surface area contributed by atoms with Crippen molar-refractivity contribution in [3.8, 4) is 0 Å². The van der Waals surface area contributed by atoms with Crippen molar-refractivity contribution in [2.45, 2.75) is 36.1 Å². The van der Waals surface area contributed by atoms with Gasteiger partial charge >= 0.3 is 0 Å². The Morgan fingerprint density at radius 3 is 2.30 bits per heavy atom. The zero-order valence-corrected chi connectivity index (χ0v) is 13.1. The molecule has 1 aliphatic heterocycles. The fourth-order valence-corrected chi connectivity index (χ4v) is 7.19. The lowest BCUT2D eigenvalue weighted by atomic mass is 10.2. The number of hydrogen-bond acceptors (Lipinski definition) is 5. The Kier molecular flexibility index (Phi) is 4.22. The zero-order chi connectivity index (χ0) is 15.0. The number of benzene rings is 1. The molecule has 1 aliphatic rings. The van der Waals surface area contributed by atoms with Crippen LogP contribution in [0.3, 0.4) is 0 Å². The summed E-state index contributed by atoms with van der Waals surface area (Å²) in [4.78, 5) is 0.178. The number of nitrogens with one attached hydrogen (secondary N) is 1. The van der Waals surface area contributed by atoms with Crippen LogP contribution in [0, 0.1) is 0 Å².